The van der Waals surface area contributed by atoms with Crippen LogP contribution < -0.4 is 5.32 Å². The van der Waals surface area contributed by atoms with Crippen LogP contribution in [0.1, 0.15) is 55.6 Å². The van der Waals surface area contributed by atoms with Gasteiger partial charge in [-0.15, -0.1) is 10.2 Å². The molecule has 0 radical (unpaired) electrons. The summed E-state index contributed by atoms with van der Waals surface area (Å²) in [6.45, 7) is 6.25. The number of nitrogens with one attached hydrogen (secondary N) is 1. The maximum absolute atomic E-state index is 12.4. The molecule has 1 aliphatic rings. The van der Waals surface area contributed by atoms with Crippen LogP contribution in [0.3, 0.4) is 0 Å². The van der Waals surface area contributed by atoms with E-state index in [-0.39, 0.29) is 23.8 Å². The molecule has 0 saturated carbocycles. The Bertz CT molecular complexity index is 706. The minimum absolute atomic E-state index is 0.0280. The Hall–Kier alpha value is -2.17. The molecule has 5 nitrogen and oxygen atoms in total. The molecule has 1 aromatic carbocycles. The zero-order valence-electron chi connectivity index (χ0n) is 13.9. The number of rotatable bonds is 3. The maximum atomic E-state index is 12.4. The van der Waals surface area contributed by atoms with Gasteiger partial charge >= 0.3 is 0 Å². The Morgan fingerprint density at radius 1 is 1.35 bits per heavy atom. The van der Waals surface area contributed by atoms with Gasteiger partial charge in [0.05, 0.1) is 6.04 Å². The second-order valence-corrected chi connectivity index (χ2v) is 7.08. The molecule has 0 spiro atoms. The Labute approximate surface area is 136 Å². The Kier molecular flexibility index (Phi) is 4.20. The van der Waals surface area contributed by atoms with E-state index in [0.29, 0.717) is 11.8 Å². The van der Waals surface area contributed by atoms with Crippen molar-refractivity contribution in [2.75, 3.05) is 0 Å². The fourth-order valence-corrected chi connectivity index (χ4v) is 3.26. The highest BCUT2D eigenvalue weighted by molar-refractivity contribution is 5.78. The van der Waals surface area contributed by atoms with E-state index in [4.69, 9.17) is 4.42 Å². The van der Waals surface area contributed by atoms with E-state index in [1.54, 1.807) is 6.92 Å². The molecule has 1 aliphatic carbocycles. The fraction of sp³-hybridized carbons (Fsp3) is 0.500. The molecule has 0 bridgehead atoms. The van der Waals surface area contributed by atoms with Crippen molar-refractivity contribution < 1.29 is 9.21 Å². The number of carbonyl (C=O) groups excluding carboxylic acids is 1. The predicted octanol–water partition coefficient (Wildman–Crippen LogP) is 3.14. The number of aromatic nitrogens is 2. The standard InChI is InChI=1S/C18H23N3O2/c1-12-20-21-17(23-12)10-16(22)19-15-11-18(2,3)9-8-13-6-4-5-7-14(13)15/h4-7,15H,8-11H2,1-3H3,(H,19,22). The average Bonchev–Trinajstić information content (AvgIpc) is 2.84. The first-order chi connectivity index (χ1) is 10.9. The first-order valence-electron chi connectivity index (χ1n) is 8.09. The van der Waals surface area contributed by atoms with E-state index in [1.807, 2.05) is 6.07 Å². The van der Waals surface area contributed by atoms with E-state index in [1.165, 1.54) is 11.1 Å². The lowest BCUT2D eigenvalue weighted by molar-refractivity contribution is -0.121. The molecule has 5 heteroatoms. The number of nitrogens with zero attached hydrogens (tertiary/aromatic N) is 2. The molecule has 0 saturated heterocycles. The number of amides is 1. The number of hydrogen-bond acceptors (Lipinski definition) is 4. The highest BCUT2D eigenvalue weighted by atomic mass is 16.4. The van der Waals surface area contributed by atoms with Crippen LogP contribution in [0, 0.1) is 12.3 Å². The van der Waals surface area contributed by atoms with Gasteiger partial charge < -0.3 is 9.73 Å². The van der Waals surface area contributed by atoms with Gasteiger partial charge in [-0.1, -0.05) is 38.1 Å². The van der Waals surface area contributed by atoms with Crippen molar-refractivity contribution in [2.45, 2.75) is 52.5 Å². The highest BCUT2D eigenvalue weighted by Crippen LogP contribution is 2.39. The van der Waals surface area contributed by atoms with Crippen LogP contribution in [0.2, 0.25) is 0 Å². The van der Waals surface area contributed by atoms with Crippen molar-refractivity contribution in [3.05, 3.63) is 47.2 Å². The molecule has 0 fully saturated rings. The van der Waals surface area contributed by atoms with Gasteiger partial charge in [0.25, 0.3) is 0 Å². The zero-order valence-corrected chi connectivity index (χ0v) is 13.9. The third-order valence-corrected chi connectivity index (χ3v) is 4.47. The molecule has 1 aromatic heterocycles. The summed E-state index contributed by atoms with van der Waals surface area (Å²) in [5, 5.41) is 10.8. The van der Waals surface area contributed by atoms with Gasteiger partial charge in [0.2, 0.25) is 17.7 Å². The van der Waals surface area contributed by atoms with Gasteiger partial charge in [0, 0.05) is 6.92 Å². The van der Waals surface area contributed by atoms with Crippen LogP contribution in [0.15, 0.2) is 28.7 Å². The summed E-state index contributed by atoms with van der Waals surface area (Å²) in [5.41, 5.74) is 2.75. The van der Waals surface area contributed by atoms with E-state index in [2.05, 4.69) is 47.6 Å². The van der Waals surface area contributed by atoms with E-state index in [0.717, 1.165) is 19.3 Å². The molecule has 23 heavy (non-hydrogen) atoms. The van der Waals surface area contributed by atoms with E-state index >= 15 is 0 Å². The highest BCUT2D eigenvalue weighted by Gasteiger charge is 2.30. The maximum Gasteiger partial charge on any atom is 0.229 e. The molecule has 2 aromatic rings. The minimum atomic E-state index is -0.0776. The second-order valence-electron chi connectivity index (χ2n) is 7.08. The molecule has 1 N–H and O–H groups in total. The largest absolute Gasteiger partial charge is 0.425 e. The summed E-state index contributed by atoms with van der Waals surface area (Å²) in [4.78, 5) is 12.4. The third-order valence-electron chi connectivity index (χ3n) is 4.47. The molecule has 1 unspecified atom stereocenters. The van der Waals surface area contributed by atoms with Crippen molar-refractivity contribution in [2.24, 2.45) is 5.41 Å². The third kappa shape index (κ3) is 3.78. The Morgan fingerprint density at radius 3 is 2.87 bits per heavy atom. The lowest BCUT2D eigenvalue weighted by Gasteiger charge is -2.27. The number of carbonyl (C=O) groups is 1. The monoisotopic (exact) mass is 313 g/mol. The minimum Gasteiger partial charge on any atom is -0.425 e. The van der Waals surface area contributed by atoms with Crippen LogP contribution in [0.4, 0.5) is 0 Å². The van der Waals surface area contributed by atoms with Crippen LogP contribution >= 0.6 is 0 Å². The quantitative estimate of drug-likeness (QED) is 0.884. The Morgan fingerprint density at radius 2 is 2.13 bits per heavy atom. The smallest absolute Gasteiger partial charge is 0.229 e. The summed E-state index contributed by atoms with van der Waals surface area (Å²) >= 11 is 0. The molecule has 1 atom stereocenters. The summed E-state index contributed by atoms with van der Waals surface area (Å²) in [7, 11) is 0. The van der Waals surface area contributed by atoms with E-state index < -0.39 is 0 Å². The average molecular weight is 313 g/mol. The van der Waals surface area contributed by atoms with Gasteiger partial charge in [-0.2, -0.15) is 0 Å². The SMILES string of the molecule is Cc1nnc(CC(=O)NC2CC(C)(C)CCc3ccccc32)o1. The summed E-state index contributed by atoms with van der Waals surface area (Å²) in [6.07, 6.45) is 3.23. The lowest BCUT2D eigenvalue weighted by atomic mass is 9.83. The predicted molar refractivity (Wildman–Crippen MR) is 86.8 cm³/mol. The Balaban J connectivity index is 1.77. The number of hydrogen-bond donors (Lipinski definition) is 1. The molecule has 3 rings (SSSR count). The topological polar surface area (TPSA) is 68.0 Å². The molecule has 1 heterocycles. The first-order valence-corrected chi connectivity index (χ1v) is 8.09. The van der Waals surface area contributed by atoms with Crippen LogP contribution in [0.25, 0.3) is 0 Å². The van der Waals surface area contributed by atoms with Crippen molar-refractivity contribution in [3.8, 4) is 0 Å². The first kappa shape index (κ1) is 15.7. The summed E-state index contributed by atoms with van der Waals surface area (Å²) < 4.78 is 5.30. The lowest BCUT2D eigenvalue weighted by Crippen LogP contribution is -2.32. The normalized spacial score (nSPS) is 19.7. The van der Waals surface area contributed by atoms with Gasteiger partial charge in [-0.3, -0.25) is 4.79 Å². The van der Waals surface area contributed by atoms with Crippen molar-refractivity contribution in [1.82, 2.24) is 15.5 Å². The van der Waals surface area contributed by atoms with E-state index in [9.17, 15) is 4.79 Å². The molecule has 1 amide bonds. The summed E-state index contributed by atoms with van der Waals surface area (Å²) in [6, 6.07) is 8.42. The second kappa shape index (κ2) is 6.14. The zero-order chi connectivity index (χ0) is 16.4. The number of aryl methyl sites for hydroxylation is 2. The molecule has 122 valence electrons. The fourth-order valence-electron chi connectivity index (χ4n) is 3.26. The van der Waals surface area contributed by atoms with Gasteiger partial charge in [-0.25, -0.2) is 0 Å². The molecule has 0 aliphatic heterocycles. The number of fused-ring (bicyclic) bond motifs is 1. The van der Waals surface area contributed by atoms with Crippen molar-refractivity contribution in [3.63, 3.8) is 0 Å². The molecular weight excluding hydrogens is 290 g/mol. The van der Waals surface area contributed by atoms with Gasteiger partial charge in [0.15, 0.2) is 0 Å². The summed E-state index contributed by atoms with van der Waals surface area (Å²) in [5.74, 6) is 0.765. The van der Waals surface area contributed by atoms with Crippen molar-refractivity contribution >= 4 is 5.91 Å². The van der Waals surface area contributed by atoms with Gasteiger partial charge in [-0.05, 0) is 35.8 Å². The van der Waals surface area contributed by atoms with Gasteiger partial charge in [0.1, 0.15) is 6.42 Å². The van der Waals surface area contributed by atoms with Crippen LogP contribution in [-0.4, -0.2) is 16.1 Å². The van der Waals surface area contributed by atoms with Crippen LogP contribution in [-0.2, 0) is 17.6 Å². The number of benzene rings is 1. The molecular formula is C18H23N3O2. The van der Waals surface area contributed by atoms with Crippen molar-refractivity contribution in [1.29, 1.82) is 0 Å². The van der Waals surface area contributed by atoms with Crippen LogP contribution in [0.5, 0.6) is 0 Å².